The minimum Gasteiger partial charge on any atom is -0.481 e. The van der Waals surface area contributed by atoms with Crippen LogP contribution in [-0.2, 0) is 9.59 Å². The maximum absolute atomic E-state index is 10.9. The van der Waals surface area contributed by atoms with Crippen molar-refractivity contribution in [2.24, 2.45) is 0 Å². The number of nitrogens with zero attached hydrogens (tertiary/aromatic N) is 2. The Balaban J connectivity index is 3.07. The number of carboxylic acids is 2. The fourth-order valence-corrected chi connectivity index (χ4v) is 1.43. The molecule has 0 aromatic heterocycles. The summed E-state index contributed by atoms with van der Waals surface area (Å²) < 4.78 is 0. The van der Waals surface area contributed by atoms with E-state index in [-0.39, 0.29) is 16.9 Å². The lowest BCUT2D eigenvalue weighted by atomic mass is 10.1. The molecule has 1 atom stereocenters. The summed E-state index contributed by atoms with van der Waals surface area (Å²) >= 11 is 0. The van der Waals surface area contributed by atoms with E-state index in [2.05, 4.69) is 5.32 Å². The molecule has 9 nitrogen and oxygen atoms in total. The minimum atomic E-state index is -1.44. The van der Waals surface area contributed by atoms with Gasteiger partial charge in [0.1, 0.15) is 12.1 Å². The third-order valence-electron chi connectivity index (χ3n) is 2.34. The van der Waals surface area contributed by atoms with E-state index < -0.39 is 29.3 Å². The highest BCUT2D eigenvalue weighted by atomic mass is 16.6. The highest BCUT2D eigenvalue weighted by molar-refractivity contribution is 5.84. The Labute approximate surface area is 112 Å². The number of rotatable bonds is 6. The normalized spacial score (nSPS) is 11.2. The molecule has 9 heteroatoms. The average Bonchev–Trinajstić information content (AvgIpc) is 2.37. The molecule has 0 amide bonds. The van der Waals surface area contributed by atoms with Crippen LogP contribution in [0.15, 0.2) is 18.2 Å². The quantitative estimate of drug-likeness (QED) is 0.510. The van der Waals surface area contributed by atoms with Crippen LogP contribution in [0.1, 0.15) is 12.0 Å². The first-order valence-electron chi connectivity index (χ1n) is 5.25. The molecule has 0 bridgehead atoms. The highest BCUT2D eigenvalue weighted by Crippen LogP contribution is 2.22. The van der Waals surface area contributed by atoms with E-state index in [0.29, 0.717) is 0 Å². The van der Waals surface area contributed by atoms with E-state index in [1.165, 1.54) is 0 Å². The standard InChI is InChI=1S/C11H9N3O6/c12-5-6-3-7(14(19)20)1-2-8(6)13-9(11(17)18)4-10(15)16/h1-3,9,13H,4H2,(H,15,16)(H,17,18). The highest BCUT2D eigenvalue weighted by Gasteiger charge is 2.22. The lowest BCUT2D eigenvalue weighted by Gasteiger charge is -2.14. The van der Waals surface area contributed by atoms with Gasteiger partial charge < -0.3 is 15.5 Å². The zero-order valence-electron chi connectivity index (χ0n) is 9.94. The number of nitro groups is 1. The molecule has 0 aliphatic heterocycles. The third-order valence-corrected chi connectivity index (χ3v) is 2.34. The molecule has 1 aromatic carbocycles. The maximum Gasteiger partial charge on any atom is 0.326 e. The summed E-state index contributed by atoms with van der Waals surface area (Å²) in [5.41, 5.74) is -0.445. The molecule has 0 saturated carbocycles. The largest absolute Gasteiger partial charge is 0.481 e. The molecular formula is C11H9N3O6. The van der Waals surface area contributed by atoms with Gasteiger partial charge in [-0.3, -0.25) is 14.9 Å². The number of nitrogens with one attached hydrogen (secondary N) is 1. The van der Waals surface area contributed by atoms with Gasteiger partial charge in [0.05, 0.1) is 22.6 Å². The first-order valence-corrected chi connectivity index (χ1v) is 5.25. The Hall–Kier alpha value is -3.15. The second-order valence-electron chi connectivity index (χ2n) is 3.73. The number of benzene rings is 1. The van der Waals surface area contributed by atoms with Crippen LogP contribution < -0.4 is 5.32 Å². The molecule has 104 valence electrons. The Kier molecular flexibility index (Phi) is 4.58. The molecule has 0 radical (unpaired) electrons. The fraction of sp³-hybridized carbons (Fsp3) is 0.182. The molecule has 1 unspecified atom stereocenters. The van der Waals surface area contributed by atoms with Crippen LogP contribution in [0, 0.1) is 21.4 Å². The molecule has 0 fully saturated rings. The number of nitro benzene ring substituents is 1. The van der Waals surface area contributed by atoms with Crippen molar-refractivity contribution in [3.8, 4) is 6.07 Å². The van der Waals surface area contributed by atoms with Crippen molar-refractivity contribution in [1.29, 1.82) is 5.26 Å². The number of carboxylic acid groups (broad SMARTS) is 2. The lowest BCUT2D eigenvalue weighted by Crippen LogP contribution is -2.32. The van der Waals surface area contributed by atoms with Crippen LogP contribution >= 0.6 is 0 Å². The second-order valence-corrected chi connectivity index (χ2v) is 3.73. The van der Waals surface area contributed by atoms with Gasteiger partial charge in [0.2, 0.25) is 0 Å². The van der Waals surface area contributed by atoms with Gasteiger partial charge in [-0.1, -0.05) is 0 Å². The SMILES string of the molecule is N#Cc1cc([N+](=O)[O-])ccc1NC(CC(=O)O)C(=O)O. The predicted molar refractivity (Wildman–Crippen MR) is 65.1 cm³/mol. The van der Waals surface area contributed by atoms with Gasteiger partial charge in [-0.05, 0) is 6.07 Å². The van der Waals surface area contributed by atoms with Crippen LogP contribution in [0.25, 0.3) is 0 Å². The molecular weight excluding hydrogens is 270 g/mol. The fourth-order valence-electron chi connectivity index (χ4n) is 1.43. The first kappa shape index (κ1) is 14.9. The molecule has 0 spiro atoms. The first-order chi connectivity index (χ1) is 9.35. The number of aliphatic carboxylic acids is 2. The van der Waals surface area contributed by atoms with E-state index in [1.807, 2.05) is 0 Å². The van der Waals surface area contributed by atoms with Crippen molar-refractivity contribution < 1.29 is 24.7 Å². The number of hydrogen-bond acceptors (Lipinski definition) is 6. The van der Waals surface area contributed by atoms with E-state index in [4.69, 9.17) is 15.5 Å². The summed E-state index contributed by atoms with van der Waals surface area (Å²) in [6, 6.07) is 3.46. The van der Waals surface area contributed by atoms with Gasteiger partial charge in [-0.2, -0.15) is 5.26 Å². The molecule has 0 aliphatic rings. The second kappa shape index (κ2) is 6.14. The van der Waals surface area contributed by atoms with E-state index in [1.54, 1.807) is 6.07 Å². The van der Waals surface area contributed by atoms with E-state index in [0.717, 1.165) is 18.2 Å². The summed E-state index contributed by atoms with van der Waals surface area (Å²) in [6.45, 7) is 0. The van der Waals surface area contributed by atoms with Gasteiger partial charge in [0.15, 0.2) is 0 Å². The van der Waals surface area contributed by atoms with Crippen LogP contribution in [0.5, 0.6) is 0 Å². The smallest absolute Gasteiger partial charge is 0.326 e. The molecule has 1 aromatic rings. The summed E-state index contributed by atoms with van der Waals surface area (Å²) in [5, 5.41) is 39.3. The van der Waals surface area contributed by atoms with Gasteiger partial charge in [0, 0.05) is 12.1 Å². The zero-order chi connectivity index (χ0) is 15.3. The molecule has 0 heterocycles. The predicted octanol–water partition coefficient (Wildman–Crippen LogP) is 0.806. The van der Waals surface area contributed by atoms with Crippen molar-refractivity contribution in [3.05, 3.63) is 33.9 Å². The van der Waals surface area contributed by atoms with Crippen molar-refractivity contribution in [2.45, 2.75) is 12.5 Å². The van der Waals surface area contributed by atoms with Gasteiger partial charge in [0.25, 0.3) is 5.69 Å². The number of anilines is 1. The maximum atomic E-state index is 10.9. The monoisotopic (exact) mass is 279 g/mol. The number of carbonyl (C=O) groups is 2. The van der Waals surface area contributed by atoms with Crippen LogP contribution in [-0.4, -0.2) is 33.1 Å². The van der Waals surface area contributed by atoms with Crippen molar-refractivity contribution in [1.82, 2.24) is 0 Å². The Morgan fingerprint density at radius 3 is 2.55 bits per heavy atom. The van der Waals surface area contributed by atoms with E-state index >= 15 is 0 Å². The van der Waals surface area contributed by atoms with Crippen LogP contribution in [0.3, 0.4) is 0 Å². The van der Waals surface area contributed by atoms with E-state index in [9.17, 15) is 19.7 Å². The average molecular weight is 279 g/mol. The summed E-state index contributed by atoms with van der Waals surface area (Å²) in [7, 11) is 0. The van der Waals surface area contributed by atoms with Gasteiger partial charge >= 0.3 is 11.9 Å². The van der Waals surface area contributed by atoms with Crippen molar-refractivity contribution in [2.75, 3.05) is 5.32 Å². The number of hydrogen-bond donors (Lipinski definition) is 3. The van der Waals surface area contributed by atoms with Crippen LogP contribution in [0.4, 0.5) is 11.4 Å². The molecule has 0 saturated heterocycles. The zero-order valence-corrected chi connectivity index (χ0v) is 9.94. The number of non-ortho nitro benzene ring substituents is 1. The molecule has 1 rings (SSSR count). The number of nitriles is 1. The van der Waals surface area contributed by atoms with Gasteiger partial charge in [-0.25, -0.2) is 4.79 Å². The lowest BCUT2D eigenvalue weighted by molar-refractivity contribution is -0.384. The van der Waals surface area contributed by atoms with Crippen molar-refractivity contribution >= 4 is 23.3 Å². The minimum absolute atomic E-state index is 0.0201. The Morgan fingerprint density at radius 2 is 2.10 bits per heavy atom. The summed E-state index contributed by atoms with van der Waals surface area (Å²) in [6.07, 6.45) is -0.697. The summed E-state index contributed by atoms with van der Waals surface area (Å²) in [5.74, 6) is -2.74. The molecule has 3 N–H and O–H groups in total. The molecule has 0 aliphatic carbocycles. The third kappa shape index (κ3) is 3.67. The summed E-state index contributed by atoms with van der Waals surface area (Å²) in [4.78, 5) is 31.3. The Bertz CT molecular complexity index is 607. The molecule has 20 heavy (non-hydrogen) atoms. The van der Waals surface area contributed by atoms with Gasteiger partial charge in [-0.15, -0.1) is 0 Å². The topological polar surface area (TPSA) is 154 Å². The van der Waals surface area contributed by atoms with Crippen LogP contribution in [0.2, 0.25) is 0 Å². The Morgan fingerprint density at radius 1 is 1.45 bits per heavy atom. The van der Waals surface area contributed by atoms with Crippen molar-refractivity contribution in [3.63, 3.8) is 0 Å².